The van der Waals surface area contributed by atoms with Crippen LogP contribution in [0.3, 0.4) is 0 Å². The Hall–Kier alpha value is -1.70. The number of nitrogens with zero attached hydrogens (tertiary/aromatic N) is 3. The van der Waals surface area contributed by atoms with Gasteiger partial charge in [-0.1, -0.05) is 13.8 Å². The molecule has 0 radical (unpaired) electrons. The number of rotatable bonds is 6. The molecular weight excluding hydrogens is 358 g/mol. The average molecular weight is 390 g/mol. The van der Waals surface area contributed by atoms with E-state index in [1.54, 1.807) is 11.3 Å². The van der Waals surface area contributed by atoms with E-state index in [4.69, 9.17) is 0 Å². The Morgan fingerprint density at radius 1 is 1.22 bits per heavy atom. The topological polar surface area (TPSA) is 60.5 Å². The third-order valence-electron chi connectivity index (χ3n) is 5.01. The second-order valence-corrected chi connectivity index (χ2v) is 8.88. The number of urea groups is 1. The van der Waals surface area contributed by atoms with Gasteiger partial charge in [0.2, 0.25) is 0 Å². The number of amides is 2. The summed E-state index contributed by atoms with van der Waals surface area (Å²) in [5.74, 6) is 0.420. The molecular formula is C20H31N5OS. The van der Waals surface area contributed by atoms with Gasteiger partial charge in [0.05, 0.1) is 15.2 Å². The zero-order valence-electron chi connectivity index (χ0n) is 16.8. The van der Waals surface area contributed by atoms with Crippen molar-refractivity contribution in [2.75, 3.05) is 45.1 Å². The summed E-state index contributed by atoms with van der Waals surface area (Å²) in [6.45, 7) is 11.9. The Bertz CT molecular complexity index is 767. The SMILES string of the molecule is CC(CCN1CCN(C)CC1)NC(=O)Nc1ccc2nc(C(C)C)sc2c1. The van der Waals surface area contributed by atoms with Gasteiger partial charge in [0.15, 0.2) is 0 Å². The molecule has 7 heteroatoms. The molecule has 0 aliphatic carbocycles. The minimum Gasteiger partial charge on any atom is -0.335 e. The van der Waals surface area contributed by atoms with E-state index in [-0.39, 0.29) is 12.1 Å². The number of hydrogen-bond donors (Lipinski definition) is 2. The van der Waals surface area contributed by atoms with Crippen LogP contribution in [0.4, 0.5) is 10.5 Å². The zero-order valence-corrected chi connectivity index (χ0v) is 17.6. The van der Waals surface area contributed by atoms with E-state index < -0.39 is 0 Å². The number of benzene rings is 1. The Morgan fingerprint density at radius 2 is 1.96 bits per heavy atom. The first kappa shape index (κ1) is 20.0. The third-order valence-corrected chi connectivity index (χ3v) is 6.33. The first-order valence-corrected chi connectivity index (χ1v) is 10.6. The lowest BCUT2D eigenvalue weighted by atomic mass is 10.2. The van der Waals surface area contributed by atoms with E-state index in [0.717, 1.165) is 60.1 Å². The van der Waals surface area contributed by atoms with Gasteiger partial charge in [0.1, 0.15) is 0 Å². The minimum absolute atomic E-state index is 0.143. The van der Waals surface area contributed by atoms with Crippen molar-refractivity contribution >= 4 is 33.3 Å². The van der Waals surface area contributed by atoms with Crippen molar-refractivity contribution < 1.29 is 4.79 Å². The maximum Gasteiger partial charge on any atom is 0.319 e. The Labute approximate surface area is 165 Å². The van der Waals surface area contributed by atoms with Gasteiger partial charge < -0.3 is 20.4 Å². The summed E-state index contributed by atoms with van der Waals surface area (Å²) >= 11 is 1.69. The normalized spacial score (nSPS) is 17.4. The predicted molar refractivity (Wildman–Crippen MR) is 114 cm³/mol. The maximum absolute atomic E-state index is 12.3. The van der Waals surface area contributed by atoms with Crippen LogP contribution in [0.15, 0.2) is 18.2 Å². The highest BCUT2D eigenvalue weighted by molar-refractivity contribution is 7.18. The molecule has 0 saturated carbocycles. The molecule has 1 unspecified atom stereocenters. The summed E-state index contributed by atoms with van der Waals surface area (Å²) in [4.78, 5) is 21.8. The first-order chi connectivity index (χ1) is 12.9. The van der Waals surface area contributed by atoms with E-state index in [2.05, 4.69) is 53.2 Å². The van der Waals surface area contributed by atoms with Crippen LogP contribution >= 0.6 is 11.3 Å². The van der Waals surface area contributed by atoms with E-state index >= 15 is 0 Å². The van der Waals surface area contributed by atoms with Gasteiger partial charge in [-0.3, -0.25) is 0 Å². The number of fused-ring (bicyclic) bond motifs is 1. The monoisotopic (exact) mass is 389 g/mol. The number of thiazole rings is 1. The van der Waals surface area contributed by atoms with Crippen LogP contribution in [-0.4, -0.2) is 66.6 Å². The van der Waals surface area contributed by atoms with Crippen LogP contribution in [-0.2, 0) is 0 Å². The molecule has 0 bridgehead atoms. The number of nitrogens with one attached hydrogen (secondary N) is 2. The molecule has 148 valence electrons. The number of carbonyl (C=O) groups is 1. The second-order valence-electron chi connectivity index (χ2n) is 7.82. The Kier molecular flexibility index (Phi) is 6.68. The Balaban J connectivity index is 1.47. The molecule has 1 aromatic heterocycles. The molecule has 0 spiro atoms. The summed E-state index contributed by atoms with van der Waals surface area (Å²) in [7, 11) is 2.17. The quantitative estimate of drug-likeness (QED) is 0.793. The fourth-order valence-corrected chi connectivity index (χ4v) is 4.19. The highest BCUT2D eigenvalue weighted by Gasteiger charge is 2.15. The van der Waals surface area contributed by atoms with Gasteiger partial charge in [-0.2, -0.15) is 0 Å². The fraction of sp³-hybridized carbons (Fsp3) is 0.600. The number of carbonyl (C=O) groups excluding carboxylic acids is 1. The van der Waals surface area contributed by atoms with Crippen molar-refractivity contribution in [1.82, 2.24) is 20.1 Å². The summed E-state index contributed by atoms with van der Waals surface area (Å²) in [5.41, 5.74) is 1.81. The molecule has 27 heavy (non-hydrogen) atoms. The van der Waals surface area contributed by atoms with E-state index in [9.17, 15) is 4.79 Å². The molecule has 2 amide bonds. The van der Waals surface area contributed by atoms with Gasteiger partial charge in [0, 0.05) is 50.4 Å². The molecule has 1 aliphatic rings. The van der Waals surface area contributed by atoms with Crippen LogP contribution in [0.2, 0.25) is 0 Å². The van der Waals surface area contributed by atoms with Crippen molar-refractivity contribution in [3.8, 4) is 0 Å². The zero-order chi connectivity index (χ0) is 19.4. The van der Waals surface area contributed by atoms with Crippen molar-refractivity contribution in [1.29, 1.82) is 0 Å². The lowest BCUT2D eigenvalue weighted by Gasteiger charge is -2.32. The van der Waals surface area contributed by atoms with Crippen molar-refractivity contribution in [2.45, 2.75) is 39.2 Å². The largest absolute Gasteiger partial charge is 0.335 e. The van der Waals surface area contributed by atoms with E-state index in [1.165, 1.54) is 0 Å². The molecule has 3 rings (SSSR count). The van der Waals surface area contributed by atoms with E-state index in [1.807, 2.05) is 18.2 Å². The van der Waals surface area contributed by atoms with Crippen molar-refractivity contribution in [3.05, 3.63) is 23.2 Å². The highest BCUT2D eigenvalue weighted by atomic mass is 32.1. The van der Waals surface area contributed by atoms with Gasteiger partial charge >= 0.3 is 6.03 Å². The highest BCUT2D eigenvalue weighted by Crippen LogP contribution is 2.29. The number of hydrogen-bond acceptors (Lipinski definition) is 5. The molecule has 2 heterocycles. The molecule has 1 aromatic carbocycles. The second kappa shape index (κ2) is 8.99. The number of aromatic nitrogens is 1. The minimum atomic E-state index is -0.145. The smallest absolute Gasteiger partial charge is 0.319 e. The maximum atomic E-state index is 12.3. The molecule has 1 fully saturated rings. The van der Waals surface area contributed by atoms with Crippen molar-refractivity contribution in [3.63, 3.8) is 0 Å². The van der Waals surface area contributed by atoms with Crippen molar-refractivity contribution in [2.24, 2.45) is 0 Å². The molecule has 2 N–H and O–H groups in total. The lowest BCUT2D eigenvalue weighted by molar-refractivity contribution is 0.150. The Morgan fingerprint density at radius 3 is 2.67 bits per heavy atom. The summed E-state index contributed by atoms with van der Waals surface area (Å²) in [6.07, 6.45) is 0.961. The van der Waals surface area contributed by atoms with Gasteiger partial charge in [0.25, 0.3) is 0 Å². The molecule has 6 nitrogen and oxygen atoms in total. The average Bonchev–Trinajstić information content (AvgIpc) is 3.05. The molecule has 1 aliphatic heterocycles. The number of anilines is 1. The molecule has 1 saturated heterocycles. The van der Waals surface area contributed by atoms with Crippen LogP contribution in [0.5, 0.6) is 0 Å². The van der Waals surface area contributed by atoms with E-state index in [0.29, 0.717) is 5.92 Å². The van der Waals surface area contributed by atoms with Gasteiger partial charge in [-0.05, 0) is 38.6 Å². The van der Waals surface area contributed by atoms with Gasteiger partial charge in [-0.15, -0.1) is 11.3 Å². The molecule has 1 atom stereocenters. The standard InChI is InChI=1S/C20H31N5OS/c1-14(2)19-23-17-6-5-16(13-18(17)27-19)22-20(26)21-15(3)7-8-25-11-9-24(4)10-12-25/h5-6,13-15H,7-12H2,1-4H3,(H2,21,22,26). The van der Waals surface area contributed by atoms with Crippen LogP contribution < -0.4 is 10.6 Å². The summed E-state index contributed by atoms with van der Waals surface area (Å²) in [5, 5.41) is 7.13. The number of piperazine rings is 1. The fourth-order valence-electron chi connectivity index (χ4n) is 3.18. The van der Waals surface area contributed by atoms with Crippen LogP contribution in [0.1, 0.15) is 38.1 Å². The van der Waals surface area contributed by atoms with Gasteiger partial charge in [-0.25, -0.2) is 9.78 Å². The summed E-state index contributed by atoms with van der Waals surface area (Å²) in [6, 6.07) is 5.90. The van der Waals surface area contributed by atoms with Crippen LogP contribution in [0, 0.1) is 0 Å². The van der Waals surface area contributed by atoms with Crippen LogP contribution in [0.25, 0.3) is 10.2 Å². The first-order valence-electron chi connectivity index (χ1n) is 9.79. The lowest BCUT2D eigenvalue weighted by Crippen LogP contribution is -2.46. The molecule has 2 aromatic rings. The summed E-state index contributed by atoms with van der Waals surface area (Å²) < 4.78 is 1.11. The number of likely N-dealkylation sites (N-methyl/N-ethyl adjacent to an activating group) is 1. The predicted octanol–water partition coefficient (Wildman–Crippen LogP) is 3.57. The third kappa shape index (κ3) is 5.64.